The molecule has 0 aliphatic carbocycles. The van der Waals surface area contributed by atoms with Gasteiger partial charge in [0.25, 0.3) is 5.91 Å². The third kappa shape index (κ3) is 4.51. The fraction of sp³-hybridized carbons (Fsp3) is 0.412. The Bertz CT molecular complexity index is 957. The molecule has 0 bridgehead atoms. The molecule has 10 heteroatoms. The molecule has 0 unspecified atom stereocenters. The number of nitrogens with one attached hydrogen (secondary N) is 1. The van der Waals surface area contributed by atoms with Gasteiger partial charge in [0.2, 0.25) is 0 Å². The maximum atomic E-state index is 12.2. The van der Waals surface area contributed by atoms with Crippen molar-refractivity contribution in [1.82, 2.24) is 34.7 Å². The summed E-state index contributed by atoms with van der Waals surface area (Å²) in [5, 5.41) is 16.7. The highest BCUT2D eigenvalue weighted by molar-refractivity contribution is 6.41. The van der Waals surface area contributed by atoms with E-state index < -0.39 is 0 Å². The lowest BCUT2D eigenvalue weighted by Crippen LogP contribution is -2.26. The maximum Gasteiger partial charge on any atom is 0.271 e. The summed E-state index contributed by atoms with van der Waals surface area (Å²) in [6.07, 6.45) is 2.44. The van der Waals surface area contributed by atoms with E-state index in [1.807, 2.05) is 24.6 Å². The highest BCUT2D eigenvalue weighted by Crippen LogP contribution is 2.24. The van der Waals surface area contributed by atoms with Crippen LogP contribution in [0, 0.1) is 20.8 Å². The second-order valence-electron chi connectivity index (χ2n) is 6.33. The van der Waals surface area contributed by atoms with Crippen molar-refractivity contribution >= 4 is 29.1 Å². The molecule has 3 aromatic heterocycles. The Hall–Kier alpha value is -2.32. The van der Waals surface area contributed by atoms with E-state index in [2.05, 4.69) is 20.6 Å². The largest absolute Gasteiger partial charge is 0.351 e. The van der Waals surface area contributed by atoms with Crippen LogP contribution in [0.25, 0.3) is 0 Å². The molecule has 0 radical (unpaired) electrons. The van der Waals surface area contributed by atoms with Crippen molar-refractivity contribution in [1.29, 1.82) is 0 Å². The lowest BCUT2D eigenvalue weighted by atomic mass is 10.3. The zero-order chi connectivity index (χ0) is 19.6. The van der Waals surface area contributed by atoms with Crippen molar-refractivity contribution in [3.05, 3.63) is 51.3 Å². The zero-order valence-corrected chi connectivity index (χ0v) is 16.9. The first-order valence-corrected chi connectivity index (χ1v) is 9.32. The summed E-state index contributed by atoms with van der Waals surface area (Å²) in [5.41, 5.74) is 3.06. The molecule has 144 valence electrons. The van der Waals surface area contributed by atoms with Crippen molar-refractivity contribution in [2.75, 3.05) is 6.54 Å². The molecule has 0 saturated carbocycles. The SMILES string of the molecule is Cc1cc(C)n(Cn2ccc(C(=O)NCCCn3nc(C)c(Cl)c3Cl)n2)n1. The molecule has 3 rings (SSSR count). The van der Waals surface area contributed by atoms with Crippen LogP contribution in [-0.4, -0.2) is 41.8 Å². The smallest absolute Gasteiger partial charge is 0.271 e. The van der Waals surface area contributed by atoms with Crippen LogP contribution in [0.2, 0.25) is 10.2 Å². The summed E-state index contributed by atoms with van der Waals surface area (Å²) >= 11 is 12.1. The molecule has 1 N–H and O–H groups in total. The normalized spacial score (nSPS) is 11.1. The summed E-state index contributed by atoms with van der Waals surface area (Å²) in [6, 6.07) is 3.69. The standard InChI is InChI=1S/C17H21Cl2N7O/c1-11-9-12(2)26(21-11)10-24-8-5-14(23-24)17(27)20-6-4-7-25-16(19)15(18)13(3)22-25/h5,8-9H,4,6-7,10H2,1-3H3,(H,20,27). The Morgan fingerprint density at radius 3 is 2.56 bits per heavy atom. The van der Waals surface area contributed by atoms with E-state index in [-0.39, 0.29) is 5.91 Å². The van der Waals surface area contributed by atoms with Gasteiger partial charge in [-0.1, -0.05) is 23.2 Å². The van der Waals surface area contributed by atoms with Gasteiger partial charge in [-0.25, -0.2) is 4.68 Å². The van der Waals surface area contributed by atoms with Crippen LogP contribution < -0.4 is 5.32 Å². The van der Waals surface area contributed by atoms with Crippen molar-refractivity contribution in [3.8, 4) is 0 Å². The highest BCUT2D eigenvalue weighted by Gasteiger charge is 2.12. The molecule has 3 heterocycles. The molecule has 8 nitrogen and oxygen atoms in total. The Labute approximate surface area is 167 Å². The van der Waals surface area contributed by atoms with Crippen LogP contribution in [0.5, 0.6) is 0 Å². The number of hydrogen-bond donors (Lipinski definition) is 1. The first-order chi connectivity index (χ1) is 12.8. The van der Waals surface area contributed by atoms with E-state index in [1.54, 1.807) is 28.6 Å². The first kappa shape index (κ1) is 19.4. The molecular weight excluding hydrogens is 389 g/mol. The van der Waals surface area contributed by atoms with Gasteiger partial charge in [-0.2, -0.15) is 15.3 Å². The van der Waals surface area contributed by atoms with Crippen LogP contribution in [0.4, 0.5) is 0 Å². The van der Waals surface area contributed by atoms with Crippen molar-refractivity contribution in [2.24, 2.45) is 0 Å². The van der Waals surface area contributed by atoms with Crippen molar-refractivity contribution < 1.29 is 4.79 Å². The van der Waals surface area contributed by atoms with E-state index in [0.29, 0.717) is 47.7 Å². The monoisotopic (exact) mass is 409 g/mol. The summed E-state index contributed by atoms with van der Waals surface area (Å²) in [7, 11) is 0. The van der Waals surface area contributed by atoms with E-state index in [4.69, 9.17) is 23.2 Å². The van der Waals surface area contributed by atoms with Gasteiger partial charge >= 0.3 is 0 Å². The lowest BCUT2D eigenvalue weighted by molar-refractivity contribution is 0.0946. The number of aryl methyl sites for hydroxylation is 4. The Kier molecular flexibility index (Phi) is 5.86. The van der Waals surface area contributed by atoms with Crippen LogP contribution in [0.1, 0.15) is 34.0 Å². The minimum Gasteiger partial charge on any atom is -0.351 e. The number of carbonyl (C=O) groups excluding carboxylic acids is 1. The second-order valence-corrected chi connectivity index (χ2v) is 7.07. The number of aromatic nitrogens is 6. The molecule has 0 spiro atoms. The molecule has 0 atom stereocenters. The molecule has 0 saturated heterocycles. The number of halogens is 2. The van der Waals surface area contributed by atoms with Crippen molar-refractivity contribution in [3.63, 3.8) is 0 Å². The van der Waals surface area contributed by atoms with Gasteiger partial charge in [0.15, 0.2) is 0 Å². The van der Waals surface area contributed by atoms with Gasteiger partial charge in [-0.3, -0.25) is 14.2 Å². The van der Waals surface area contributed by atoms with Crippen LogP contribution in [0.3, 0.4) is 0 Å². The average molecular weight is 410 g/mol. The van der Waals surface area contributed by atoms with Gasteiger partial charge in [0.05, 0.1) is 11.4 Å². The summed E-state index contributed by atoms with van der Waals surface area (Å²) in [6.45, 7) is 7.24. The summed E-state index contributed by atoms with van der Waals surface area (Å²) in [5.74, 6) is -0.220. The van der Waals surface area contributed by atoms with Gasteiger partial charge < -0.3 is 5.32 Å². The molecule has 1 amide bonds. The number of carbonyl (C=O) groups is 1. The Morgan fingerprint density at radius 1 is 1.15 bits per heavy atom. The average Bonchev–Trinajstić information content (AvgIpc) is 3.28. The number of hydrogen-bond acceptors (Lipinski definition) is 4. The van der Waals surface area contributed by atoms with E-state index in [1.165, 1.54) is 0 Å². The van der Waals surface area contributed by atoms with Gasteiger partial charge in [0.1, 0.15) is 22.5 Å². The molecule has 0 aliphatic heterocycles. The summed E-state index contributed by atoms with van der Waals surface area (Å²) in [4.78, 5) is 12.2. The third-order valence-electron chi connectivity index (χ3n) is 4.08. The van der Waals surface area contributed by atoms with E-state index in [9.17, 15) is 4.79 Å². The van der Waals surface area contributed by atoms with Gasteiger partial charge in [0, 0.05) is 25.0 Å². The van der Waals surface area contributed by atoms with Crippen LogP contribution >= 0.6 is 23.2 Å². The fourth-order valence-electron chi connectivity index (χ4n) is 2.72. The van der Waals surface area contributed by atoms with E-state index in [0.717, 1.165) is 11.4 Å². The zero-order valence-electron chi connectivity index (χ0n) is 15.4. The minimum atomic E-state index is -0.220. The first-order valence-electron chi connectivity index (χ1n) is 8.56. The number of rotatable bonds is 7. The Balaban J connectivity index is 1.49. The van der Waals surface area contributed by atoms with E-state index >= 15 is 0 Å². The van der Waals surface area contributed by atoms with Crippen LogP contribution in [-0.2, 0) is 13.2 Å². The summed E-state index contributed by atoms with van der Waals surface area (Å²) < 4.78 is 5.15. The molecule has 27 heavy (non-hydrogen) atoms. The quantitative estimate of drug-likeness (QED) is 0.608. The highest BCUT2D eigenvalue weighted by atomic mass is 35.5. The predicted molar refractivity (Wildman–Crippen MR) is 103 cm³/mol. The van der Waals surface area contributed by atoms with Gasteiger partial charge in [-0.15, -0.1) is 0 Å². The number of amides is 1. The minimum absolute atomic E-state index is 0.220. The van der Waals surface area contributed by atoms with Gasteiger partial charge in [-0.05, 0) is 39.3 Å². The molecule has 3 aromatic rings. The fourth-order valence-corrected chi connectivity index (χ4v) is 3.11. The van der Waals surface area contributed by atoms with Crippen molar-refractivity contribution in [2.45, 2.75) is 40.4 Å². The maximum absolute atomic E-state index is 12.2. The topological polar surface area (TPSA) is 82.6 Å². The number of nitrogens with zero attached hydrogens (tertiary/aromatic N) is 6. The second kappa shape index (κ2) is 8.14. The Morgan fingerprint density at radius 2 is 1.93 bits per heavy atom. The molecular formula is C17H21Cl2N7O. The lowest BCUT2D eigenvalue weighted by Gasteiger charge is -2.06. The third-order valence-corrected chi connectivity index (χ3v) is 5.02. The predicted octanol–water partition coefficient (Wildman–Crippen LogP) is 2.83. The van der Waals surface area contributed by atoms with Crippen LogP contribution in [0.15, 0.2) is 18.3 Å². The molecule has 0 aromatic carbocycles. The molecule has 0 fully saturated rings. The molecule has 0 aliphatic rings.